The molecule has 0 fully saturated rings. The Kier molecular flexibility index (Phi) is 6.16. The minimum absolute atomic E-state index is 0.0152. The normalized spacial score (nSPS) is 11.3. The number of benzene rings is 2. The molecule has 0 aliphatic heterocycles. The Bertz CT molecular complexity index is 1360. The summed E-state index contributed by atoms with van der Waals surface area (Å²) in [6.45, 7) is 0. The number of aromatic nitrogens is 4. The van der Waals surface area contributed by atoms with Crippen LogP contribution in [-0.2, 0) is 10.0 Å². The van der Waals surface area contributed by atoms with E-state index in [2.05, 4.69) is 30.4 Å². The molecule has 1 amide bonds. The molecule has 2 heterocycles. The van der Waals surface area contributed by atoms with Crippen LogP contribution in [0, 0.1) is 0 Å². The molecule has 2 aromatic heterocycles. The smallest absolute Gasteiger partial charge is 0.293 e. The van der Waals surface area contributed by atoms with E-state index in [0.29, 0.717) is 21.4 Å². The highest BCUT2D eigenvalue weighted by Gasteiger charge is 2.23. The van der Waals surface area contributed by atoms with Crippen LogP contribution in [-0.4, -0.2) is 34.7 Å². The molecule has 0 spiro atoms. The lowest BCUT2D eigenvalue weighted by molar-refractivity contribution is 0.102. The highest BCUT2D eigenvalue weighted by molar-refractivity contribution is 7.94. The first-order valence-corrected chi connectivity index (χ1v) is 12.2. The lowest BCUT2D eigenvalue weighted by Gasteiger charge is -2.03. The van der Waals surface area contributed by atoms with Crippen LogP contribution in [0.3, 0.4) is 0 Å². The van der Waals surface area contributed by atoms with Gasteiger partial charge in [-0.25, -0.2) is 0 Å². The number of sulfonamides is 1. The lowest BCUT2D eigenvalue weighted by Crippen LogP contribution is -2.12. The van der Waals surface area contributed by atoms with Crippen molar-refractivity contribution in [1.29, 1.82) is 0 Å². The van der Waals surface area contributed by atoms with Gasteiger partial charge < -0.3 is 0 Å². The molecule has 31 heavy (non-hydrogen) atoms. The number of carbonyl (C=O) groups is 1. The van der Waals surface area contributed by atoms with E-state index in [4.69, 9.17) is 23.2 Å². The van der Waals surface area contributed by atoms with Crippen molar-refractivity contribution in [2.24, 2.45) is 0 Å². The van der Waals surface area contributed by atoms with Gasteiger partial charge in [-0.3, -0.25) is 14.8 Å². The maximum atomic E-state index is 12.6. The number of amides is 1. The fraction of sp³-hybridized carbons (Fsp3) is 0. The Morgan fingerprint density at radius 1 is 0.903 bits per heavy atom. The number of nitrogens with zero attached hydrogens (tertiary/aromatic N) is 4. The number of hydrogen-bond donors (Lipinski definition) is 2. The van der Waals surface area contributed by atoms with Gasteiger partial charge in [0, 0.05) is 10.6 Å². The highest BCUT2D eigenvalue weighted by atomic mass is 35.5. The molecule has 4 aromatic rings. The molecule has 158 valence electrons. The SMILES string of the molecule is O=C(Nc1nnc(S(=O)(=O)Nc2nnc(-c3ccccc3)s2)s1)c1ccc(Cl)cc1Cl. The second-order valence-corrected chi connectivity index (χ2v) is 10.5. The van der Waals surface area contributed by atoms with Crippen LogP contribution in [0.4, 0.5) is 10.3 Å². The third kappa shape index (κ3) is 4.99. The zero-order valence-corrected chi connectivity index (χ0v) is 19.1. The maximum absolute atomic E-state index is 12.6. The van der Waals surface area contributed by atoms with E-state index >= 15 is 0 Å². The van der Waals surface area contributed by atoms with Crippen molar-refractivity contribution >= 4 is 72.1 Å². The molecule has 0 saturated heterocycles. The number of nitrogens with one attached hydrogen (secondary N) is 2. The van der Waals surface area contributed by atoms with Crippen molar-refractivity contribution in [1.82, 2.24) is 20.4 Å². The summed E-state index contributed by atoms with van der Waals surface area (Å²) < 4.78 is 27.2. The van der Waals surface area contributed by atoms with Crippen molar-refractivity contribution < 1.29 is 13.2 Å². The molecule has 0 bridgehead atoms. The van der Waals surface area contributed by atoms with Gasteiger partial charge in [-0.1, -0.05) is 76.2 Å². The van der Waals surface area contributed by atoms with E-state index < -0.39 is 15.9 Å². The predicted molar refractivity (Wildman–Crippen MR) is 120 cm³/mol. The first kappa shape index (κ1) is 21.6. The molecule has 0 atom stereocenters. The summed E-state index contributed by atoms with van der Waals surface area (Å²) in [6.07, 6.45) is 0. The number of halogens is 2. The minimum Gasteiger partial charge on any atom is -0.296 e. The van der Waals surface area contributed by atoms with Gasteiger partial charge in [-0.2, -0.15) is 8.42 Å². The Labute approximate surface area is 194 Å². The first-order valence-electron chi connectivity index (χ1n) is 8.33. The van der Waals surface area contributed by atoms with Crippen LogP contribution in [0.15, 0.2) is 52.9 Å². The van der Waals surface area contributed by atoms with Gasteiger partial charge in [0.1, 0.15) is 5.01 Å². The number of hydrogen-bond acceptors (Lipinski definition) is 9. The van der Waals surface area contributed by atoms with Gasteiger partial charge in [0.25, 0.3) is 20.3 Å². The Balaban J connectivity index is 1.48. The minimum atomic E-state index is -4.07. The van der Waals surface area contributed by atoms with E-state index in [-0.39, 0.29) is 25.2 Å². The van der Waals surface area contributed by atoms with E-state index in [1.165, 1.54) is 18.2 Å². The Morgan fingerprint density at radius 2 is 1.65 bits per heavy atom. The molecule has 0 unspecified atom stereocenters. The summed E-state index contributed by atoms with van der Waals surface area (Å²) in [5, 5.41) is 18.8. The van der Waals surface area contributed by atoms with E-state index in [9.17, 15) is 13.2 Å². The van der Waals surface area contributed by atoms with Crippen LogP contribution in [0.1, 0.15) is 10.4 Å². The average Bonchev–Trinajstić information content (AvgIpc) is 3.38. The molecule has 2 aromatic carbocycles. The van der Waals surface area contributed by atoms with Crippen molar-refractivity contribution in [2.45, 2.75) is 4.34 Å². The average molecular weight is 513 g/mol. The van der Waals surface area contributed by atoms with E-state index in [0.717, 1.165) is 16.9 Å². The van der Waals surface area contributed by atoms with Gasteiger partial charge in [0.15, 0.2) is 0 Å². The first-order chi connectivity index (χ1) is 14.8. The molecule has 0 aliphatic carbocycles. The molecule has 2 N–H and O–H groups in total. The van der Waals surface area contributed by atoms with Crippen LogP contribution in [0.25, 0.3) is 10.6 Å². The summed E-state index contributed by atoms with van der Waals surface area (Å²) in [7, 11) is -4.07. The summed E-state index contributed by atoms with van der Waals surface area (Å²) in [4.78, 5) is 12.4. The molecule has 14 heteroatoms. The van der Waals surface area contributed by atoms with Gasteiger partial charge in [0.05, 0.1) is 10.6 Å². The van der Waals surface area contributed by atoms with Crippen molar-refractivity contribution in [3.05, 3.63) is 64.1 Å². The van der Waals surface area contributed by atoms with Crippen molar-refractivity contribution in [3.63, 3.8) is 0 Å². The fourth-order valence-corrected chi connectivity index (χ4v) is 5.70. The van der Waals surface area contributed by atoms with Crippen LogP contribution in [0.5, 0.6) is 0 Å². The molecular weight excluding hydrogens is 503 g/mol. The second-order valence-electron chi connectivity index (χ2n) is 5.84. The number of rotatable bonds is 6. The van der Waals surface area contributed by atoms with E-state index in [1.807, 2.05) is 30.3 Å². The molecular formula is C17H10Cl2N6O3S3. The van der Waals surface area contributed by atoms with Crippen LogP contribution in [0.2, 0.25) is 10.0 Å². The predicted octanol–water partition coefficient (Wildman–Crippen LogP) is 4.42. The molecule has 0 radical (unpaired) electrons. The molecule has 9 nitrogen and oxygen atoms in total. The lowest BCUT2D eigenvalue weighted by atomic mass is 10.2. The molecule has 0 saturated carbocycles. The van der Waals surface area contributed by atoms with Gasteiger partial charge in [-0.15, -0.1) is 20.4 Å². The van der Waals surface area contributed by atoms with Crippen LogP contribution < -0.4 is 10.0 Å². The van der Waals surface area contributed by atoms with Gasteiger partial charge in [0.2, 0.25) is 10.3 Å². The summed E-state index contributed by atoms with van der Waals surface area (Å²) in [5.74, 6) is -0.577. The monoisotopic (exact) mass is 512 g/mol. The van der Waals surface area contributed by atoms with Crippen molar-refractivity contribution in [3.8, 4) is 10.6 Å². The second kappa shape index (κ2) is 8.85. The fourth-order valence-electron chi connectivity index (χ4n) is 2.33. The zero-order chi connectivity index (χ0) is 22.0. The zero-order valence-electron chi connectivity index (χ0n) is 15.1. The third-order valence-electron chi connectivity index (χ3n) is 3.70. The highest BCUT2D eigenvalue weighted by Crippen LogP contribution is 2.29. The third-order valence-corrected chi connectivity index (χ3v) is 7.81. The number of carbonyl (C=O) groups excluding carboxylic acids is 1. The van der Waals surface area contributed by atoms with Gasteiger partial charge >= 0.3 is 0 Å². The molecule has 4 rings (SSSR count). The summed E-state index contributed by atoms with van der Waals surface area (Å²) in [6, 6.07) is 13.6. The van der Waals surface area contributed by atoms with Crippen molar-refractivity contribution in [2.75, 3.05) is 10.0 Å². The summed E-state index contributed by atoms with van der Waals surface area (Å²) in [5.41, 5.74) is 0.971. The Hall–Kier alpha value is -2.64. The molecule has 0 aliphatic rings. The largest absolute Gasteiger partial charge is 0.296 e. The standard InChI is InChI=1S/C17H10Cl2N6O3S3/c18-10-6-7-11(12(19)8-10)13(26)20-15-22-24-17(30-15)31(27,28)25-16-23-21-14(29-16)9-4-2-1-3-5-9/h1-8H,(H,23,25)(H,20,22,26). The maximum Gasteiger partial charge on any atom is 0.293 e. The Morgan fingerprint density at radius 3 is 2.39 bits per heavy atom. The van der Waals surface area contributed by atoms with E-state index in [1.54, 1.807) is 0 Å². The topological polar surface area (TPSA) is 127 Å². The van der Waals surface area contributed by atoms with Gasteiger partial charge in [-0.05, 0) is 18.2 Å². The number of anilines is 2. The van der Waals surface area contributed by atoms with Crippen LogP contribution >= 0.6 is 45.9 Å². The summed E-state index contributed by atoms with van der Waals surface area (Å²) >= 11 is 13.6. The quantitative estimate of drug-likeness (QED) is 0.366.